The van der Waals surface area contributed by atoms with E-state index in [1.807, 2.05) is 6.92 Å². The lowest BCUT2D eigenvalue weighted by Crippen LogP contribution is -2.29. The second kappa shape index (κ2) is 4.93. The van der Waals surface area contributed by atoms with Gasteiger partial charge in [0.15, 0.2) is 0 Å². The molecule has 0 spiro atoms. The van der Waals surface area contributed by atoms with Crippen molar-refractivity contribution in [1.29, 1.82) is 0 Å². The second-order valence-electron chi connectivity index (χ2n) is 3.64. The number of rotatable bonds is 4. The minimum absolute atomic E-state index is 0.140. The first-order chi connectivity index (χ1) is 7.72. The van der Waals surface area contributed by atoms with E-state index in [-0.39, 0.29) is 18.1 Å². The minimum atomic E-state index is -0.153. The molecular weight excluding hydrogens is 272 g/mol. The standard InChI is InChI=1S/C11H13BrN2O2/c1-2-16-9-6-8(9)14-11(15)10-7(12)4-3-5-13-10/h3-5,8-9H,2,6H2,1H3,(H,14,15)/t8-,9-/m1/s1. The lowest BCUT2D eigenvalue weighted by molar-refractivity contribution is 0.0909. The van der Waals surface area contributed by atoms with E-state index >= 15 is 0 Å². The summed E-state index contributed by atoms with van der Waals surface area (Å²) in [5.41, 5.74) is 0.421. The summed E-state index contributed by atoms with van der Waals surface area (Å²) < 4.78 is 6.09. The van der Waals surface area contributed by atoms with Crippen LogP contribution in [-0.2, 0) is 4.74 Å². The number of nitrogens with one attached hydrogen (secondary N) is 1. The zero-order valence-corrected chi connectivity index (χ0v) is 10.5. The van der Waals surface area contributed by atoms with Crippen molar-refractivity contribution in [3.8, 4) is 0 Å². The number of amides is 1. The van der Waals surface area contributed by atoms with E-state index in [0.717, 1.165) is 6.42 Å². The summed E-state index contributed by atoms with van der Waals surface area (Å²) in [6, 6.07) is 3.72. The highest BCUT2D eigenvalue weighted by Gasteiger charge is 2.39. The van der Waals surface area contributed by atoms with E-state index in [1.165, 1.54) is 0 Å². The molecule has 4 nitrogen and oxygen atoms in total. The highest BCUT2D eigenvalue weighted by Crippen LogP contribution is 2.25. The number of nitrogens with zero attached hydrogens (tertiary/aromatic N) is 1. The van der Waals surface area contributed by atoms with Gasteiger partial charge in [-0.3, -0.25) is 4.79 Å². The molecule has 0 radical (unpaired) electrons. The Morgan fingerprint density at radius 3 is 3.25 bits per heavy atom. The Hall–Kier alpha value is -0.940. The van der Waals surface area contributed by atoms with Crippen molar-refractivity contribution in [1.82, 2.24) is 10.3 Å². The quantitative estimate of drug-likeness (QED) is 0.917. The van der Waals surface area contributed by atoms with Crippen molar-refractivity contribution < 1.29 is 9.53 Å². The third-order valence-electron chi connectivity index (χ3n) is 2.40. The molecular formula is C11H13BrN2O2. The van der Waals surface area contributed by atoms with Crippen LogP contribution in [-0.4, -0.2) is 29.6 Å². The fourth-order valence-corrected chi connectivity index (χ4v) is 1.95. The number of carbonyl (C=O) groups excluding carboxylic acids is 1. The average Bonchev–Trinajstić information content (AvgIpc) is 2.97. The third kappa shape index (κ3) is 2.59. The maximum absolute atomic E-state index is 11.8. The van der Waals surface area contributed by atoms with Gasteiger partial charge in [-0.2, -0.15) is 0 Å². The van der Waals surface area contributed by atoms with Gasteiger partial charge >= 0.3 is 0 Å². The van der Waals surface area contributed by atoms with E-state index in [0.29, 0.717) is 16.8 Å². The molecule has 0 aliphatic heterocycles. The van der Waals surface area contributed by atoms with Crippen molar-refractivity contribution in [3.05, 3.63) is 28.5 Å². The molecule has 1 aromatic heterocycles. The Morgan fingerprint density at radius 2 is 2.56 bits per heavy atom. The first kappa shape index (κ1) is 11.5. The molecule has 2 rings (SSSR count). The zero-order valence-electron chi connectivity index (χ0n) is 8.94. The number of aromatic nitrogens is 1. The molecule has 16 heavy (non-hydrogen) atoms. The van der Waals surface area contributed by atoms with Crippen LogP contribution in [0.15, 0.2) is 22.8 Å². The Balaban J connectivity index is 1.92. The molecule has 1 heterocycles. The topological polar surface area (TPSA) is 51.2 Å². The van der Waals surface area contributed by atoms with Gasteiger partial charge in [0.2, 0.25) is 0 Å². The van der Waals surface area contributed by atoms with Gasteiger partial charge in [-0.15, -0.1) is 0 Å². The van der Waals surface area contributed by atoms with Crippen LogP contribution in [0.25, 0.3) is 0 Å². The van der Waals surface area contributed by atoms with Gasteiger partial charge in [-0.05, 0) is 41.4 Å². The second-order valence-corrected chi connectivity index (χ2v) is 4.50. The van der Waals surface area contributed by atoms with Crippen molar-refractivity contribution >= 4 is 21.8 Å². The highest BCUT2D eigenvalue weighted by molar-refractivity contribution is 9.10. The number of pyridine rings is 1. The van der Waals surface area contributed by atoms with Crippen molar-refractivity contribution in [2.45, 2.75) is 25.5 Å². The summed E-state index contributed by atoms with van der Waals surface area (Å²) in [6.07, 6.45) is 2.67. The smallest absolute Gasteiger partial charge is 0.271 e. The van der Waals surface area contributed by atoms with E-state index < -0.39 is 0 Å². The molecule has 0 unspecified atom stereocenters. The molecule has 0 saturated heterocycles. The number of ether oxygens (including phenoxy) is 1. The van der Waals surface area contributed by atoms with E-state index in [4.69, 9.17) is 4.74 Å². The van der Waals surface area contributed by atoms with E-state index in [9.17, 15) is 4.79 Å². The average molecular weight is 285 g/mol. The summed E-state index contributed by atoms with van der Waals surface area (Å²) in [4.78, 5) is 15.8. The Morgan fingerprint density at radius 1 is 1.75 bits per heavy atom. The minimum Gasteiger partial charge on any atom is -0.376 e. The molecule has 0 bridgehead atoms. The largest absolute Gasteiger partial charge is 0.376 e. The number of hydrogen-bond donors (Lipinski definition) is 1. The van der Waals surface area contributed by atoms with Crippen LogP contribution in [0.2, 0.25) is 0 Å². The Labute approximate surface area is 103 Å². The molecule has 5 heteroatoms. The molecule has 1 aliphatic carbocycles. The number of carbonyl (C=O) groups is 1. The molecule has 2 atom stereocenters. The van der Waals surface area contributed by atoms with Gasteiger partial charge in [0.05, 0.1) is 12.1 Å². The molecule has 1 fully saturated rings. The maximum Gasteiger partial charge on any atom is 0.271 e. The van der Waals surface area contributed by atoms with Crippen LogP contribution in [0, 0.1) is 0 Å². The van der Waals surface area contributed by atoms with Gasteiger partial charge in [-0.1, -0.05) is 0 Å². The van der Waals surface area contributed by atoms with Crippen LogP contribution in [0.1, 0.15) is 23.8 Å². The van der Waals surface area contributed by atoms with Gasteiger partial charge < -0.3 is 10.1 Å². The summed E-state index contributed by atoms with van der Waals surface area (Å²) in [5.74, 6) is -0.153. The number of hydrogen-bond acceptors (Lipinski definition) is 3. The fourth-order valence-electron chi connectivity index (χ4n) is 1.51. The molecule has 86 valence electrons. The van der Waals surface area contributed by atoms with Gasteiger partial charge in [0.25, 0.3) is 5.91 Å². The van der Waals surface area contributed by atoms with Crippen molar-refractivity contribution in [2.24, 2.45) is 0 Å². The Kier molecular flexibility index (Phi) is 3.56. The normalized spacial score (nSPS) is 22.9. The van der Waals surface area contributed by atoms with E-state index in [2.05, 4.69) is 26.2 Å². The van der Waals surface area contributed by atoms with Crippen LogP contribution in [0.4, 0.5) is 0 Å². The molecule has 0 aromatic carbocycles. The summed E-state index contributed by atoms with van der Waals surface area (Å²) >= 11 is 3.30. The Bertz CT molecular complexity index is 397. The SMILES string of the molecule is CCO[C@@H]1C[C@H]1NC(=O)c1ncccc1Br. The first-order valence-corrected chi connectivity index (χ1v) is 6.04. The van der Waals surface area contributed by atoms with Crippen LogP contribution in [0.3, 0.4) is 0 Å². The van der Waals surface area contributed by atoms with Crippen molar-refractivity contribution in [3.63, 3.8) is 0 Å². The summed E-state index contributed by atoms with van der Waals surface area (Å²) in [6.45, 7) is 2.64. The fraction of sp³-hybridized carbons (Fsp3) is 0.455. The molecule has 1 amide bonds. The summed E-state index contributed by atoms with van der Waals surface area (Å²) in [7, 11) is 0. The highest BCUT2D eigenvalue weighted by atomic mass is 79.9. The predicted octanol–water partition coefficient (Wildman–Crippen LogP) is 1.75. The molecule has 1 aliphatic rings. The van der Waals surface area contributed by atoms with Crippen LogP contribution in [0.5, 0.6) is 0 Å². The van der Waals surface area contributed by atoms with Crippen molar-refractivity contribution in [2.75, 3.05) is 6.61 Å². The summed E-state index contributed by atoms with van der Waals surface area (Å²) in [5, 5.41) is 2.89. The lowest BCUT2D eigenvalue weighted by Gasteiger charge is -2.05. The zero-order chi connectivity index (χ0) is 11.5. The maximum atomic E-state index is 11.8. The molecule has 1 saturated carbocycles. The predicted molar refractivity (Wildman–Crippen MR) is 63.2 cm³/mol. The van der Waals surface area contributed by atoms with Crippen LogP contribution < -0.4 is 5.32 Å². The van der Waals surface area contributed by atoms with Gasteiger partial charge in [0, 0.05) is 17.3 Å². The molecule has 1 N–H and O–H groups in total. The monoisotopic (exact) mass is 284 g/mol. The third-order valence-corrected chi connectivity index (χ3v) is 3.04. The van der Waals surface area contributed by atoms with Crippen LogP contribution >= 0.6 is 15.9 Å². The van der Waals surface area contributed by atoms with Gasteiger partial charge in [0.1, 0.15) is 5.69 Å². The first-order valence-electron chi connectivity index (χ1n) is 5.25. The number of halogens is 1. The van der Waals surface area contributed by atoms with E-state index in [1.54, 1.807) is 18.3 Å². The van der Waals surface area contributed by atoms with Gasteiger partial charge in [-0.25, -0.2) is 4.98 Å². The molecule has 1 aromatic rings. The lowest BCUT2D eigenvalue weighted by atomic mass is 10.3.